The molecule has 0 radical (unpaired) electrons. The highest BCUT2D eigenvalue weighted by Crippen LogP contribution is 2.34. The van der Waals surface area contributed by atoms with Crippen molar-refractivity contribution in [1.82, 2.24) is 14.1 Å². The maximum absolute atomic E-state index is 13.4. The standard InChI is InChI=1S/C26H24Cl2N4O3S2/c1-26(2,18-8-10-19(27)11-9-18)16-29-25(33)21-13-12-20(28)15-23(21)32(37(34)35)24-22(30-36-31-24)14-17-6-4-3-5-7-17/h3-13,15H,14,16H2,1-2H3,(H,29,33)(H,34,35). The fourth-order valence-corrected chi connectivity index (χ4v) is 5.30. The van der Waals surface area contributed by atoms with Crippen LogP contribution in [0.5, 0.6) is 0 Å². The summed E-state index contributed by atoms with van der Waals surface area (Å²) in [6.07, 6.45) is 0.401. The van der Waals surface area contributed by atoms with Gasteiger partial charge in [-0.25, -0.2) is 8.51 Å². The van der Waals surface area contributed by atoms with Crippen LogP contribution in [-0.2, 0) is 23.1 Å². The molecule has 2 N–H and O–H groups in total. The van der Waals surface area contributed by atoms with Gasteiger partial charge in [0.25, 0.3) is 17.2 Å². The van der Waals surface area contributed by atoms with Crippen molar-refractivity contribution in [3.63, 3.8) is 0 Å². The van der Waals surface area contributed by atoms with E-state index in [1.807, 2.05) is 56.3 Å². The van der Waals surface area contributed by atoms with Gasteiger partial charge in [0.1, 0.15) is 5.69 Å². The maximum atomic E-state index is 13.4. The highest BCUT2D eigenvalue weighted by atomic mass is 35.5. The fourth-order valence-electron chi connectivity index (χ4n) is 3.79. The van der Waals surface area contributed by atoms with Crippen LogP contribution in [0.4, 0.5) is 11.5 Å². The molecule has 192 valence electrons. The van der Waals surface area contributed by atoms with E-state index in [-0.39, 0.29) is 17.1 Å². The first kappa shape index (κ1) is 27.2. The van der Waals surface area contributed by atoms with E-state index in [0.29, 0.717) is 28.7 Å². The monoisotopic (exact) mass is 574 g/mol. The molecule has 7 nitrogen and oxygen atoms in total. The molecule has 4 rings (SSSR count). The molecular weight excluding hydrogens is 551 g/mol. The number of hydrogen-bond donors (Lipinski definition) is 2. The average Bonchev–Trinajstić information content (AvgIpc) is 3.31. The van der Waals surface area contributed by atoms with Gasteiger partial charge in [-0.05, 0) is 41.5 Å². The third-order valence-electron chi connectivity index (χ3n) is 5.84. The predicted octanol–water partition coefficient (Wildman–Crippen LogP) is 6.42. The summed E-state index contributed by atoms with van der Waals surface area (Å²) in [4.78, 5) is 13.4. The van der Waals surface area contributed by atoms with E-state index >= 15 is 0 Å². The van der Waals surface area contributed by atoms with Gasteiger partial charge in [-0.3, -0.25) is 9.35 Å². The van der Waals surface area contributed by atoms with E-state index in [9.17, 15) is 13.6 Å². The quantitative estimate of drug-likeness (QED) is 0.225. The zero-order valence-electron chi connectivity index (χ0n) is 20.0. The van der Waals surface area contributed by atoms with Gasteiger partial charge < -0.3 is 5.32 Å². The number of halogens is 2. The zero-order valence-corrected chi connectivity index (χ0v) is 23.2. The van der Waals surface area contributed by atoms with Gasteiger partial charge in [0.2, 0.25) is 0 Å². The lowest BCUT2D eigenvalue weighted by molar-refractivity contribution is 0.0946. The maximum Gasteiger partial charge on any atom is 0.268 e. The lowest BCUT2D eigenvalue weighted by Gasteiger charge is -2.26. The third kappa shape index (κ3) is 6.55. The van der Waals surface area contributed by atoms with Crippen molar-refractivity contribution in [1.29, 1.82) is 0 Å². The topological polar surface area (TPSA) is 95.4 Å². The summed E-state index contributed by atoms with van der Waals surface area (Å²) in [6, 6.07) is 21.6. The van der Waals surface area contributed by atoms with Gasteiger partial charge in [-0.2, -0.15) is 8.75 Å². The molecule has 0 aliphatic carbocycles. The molecule has 0 aliphatic heterocycles. The summed E-state index contributed by atoms with van der Waals surface area (Å²) in [7, 11) is 0. The van der Waals surface area contributed by atoms with Crippen LogP contribution in [0.2, 0.25) is 10.0 Å². The van der Waals surface area contributed by atoms with Crippen LogP contribution in [-0.4, -0.2) is 30.0 Å². The Labute approximate surface area is 232 Å². The Balaban J connectivity index is 1.64. The number of amides is 1. The van der Waals surface area contributed by atoms with Gasteiger partial charge >= 0.3 is 0 Å². The normalized spacial score (nSPS) is 12.2. The second-order valence-electron chi connectivity index (χ2n) is 8.96. The molecule has 0 saturated heterocycles. The van der Waals surface area contributed by atoms with Crippen molar-refractivity contribution in [3.8, 4) is 0 Å². The smallest absolute Gasteiger partial charge is 0.268 e. The molecule has 0 saturated carbocycles. The molecule has 1 atom stereocenters. The van der Waals surface area contributed by atoms with Crippen molar-refractivity contribution in [3.05, 3.63) is 105 Å². The lowest BCUT2D eigenvalue weighted by atomic mass is 9.84. The summed E-state index contributed by atoms with van der Waals surface area (Å²) >= 11 is 10.6. The molecule has 1 amide bonds. The van der Waals surface area contributed by atoms with Crippen molar-refractivity contribution in [2.75, 3.05) is 10.8 Å². The Hall–Kier alpha value is -2.82. The first-order valence-electron chi connectivity index (χ1n) is 11.3. The van der Waals surface area contributed by atoms with Crippen LogP contribution in [0.3, 0.4) is 0 Å². The molecule has 0 spiro atoms. The summed E-state index contributed by atoms with van der Waals surface area (Å²) in [5, 5.41) is 3.89. The van der Waals surface area contributed by atoms with Gasteiger partial charge in [0, 0.05) is 28.4 Å². The Morgan fingerprint density at radius 3 is 2.38 bits per heavy atom. The van der Waals surface area contributed by atoms with E-state index in [0.717, 1.165) is 27.2 Å². The van der Waals surface area contributed by atoms with Gasteiger partial charge in [-0.1, -0.05) is 79.5 Å². The SMILES string of the molecule is CC(C)(CNC(=O)c1ccc(Cl)cc1N(c1nsnc1Cc1ccccc1)S(=O)O)c1ccc(Cl)cc1. The Morgan fingerprint density at radius 1 is 1.03 bits per heavy atom. The highest BCUT2D eigenvalue weighted by Gasteiger charge is 2.28. The number of benzene rings is 3. The molecule has 4 aromatic rings. The van der Waals surface area contributed by atoms with Crippen LogP contribution < -0.4 is 9.62 Å². The number of hydrogen-bond acceptors (Lipinski definition) is 5. The molecule has 0 fully saturated rings. The first-order chi connectivity index (χ1) is 17.7. The Bertz CT molecular complexity index is 1410. The second-order valence-corrected chi connectivity index (χ2v) is 11.2. The summed E-state index contributed by atoms with van der Waals surface area (Å²) in [6.45, 7) is 4.33. The molecule has 1 aromatic heterocycles. The number of nitrogens with zero attached hydrogens (tertiary/aromatic N) is 3. The molecule has 11 heteroatoms. The minimum atomic E-state index is -2.55. The first-order valence-corrected chi connectivity index (χ1v) is 13.8. The molecule has 1 unspecified atom stereocenters. The minimum absolute atomic E-state index is 0.150. The molecule has 0 aliphatic rings. The van der Waals surface area contributed by atoms with Gasteiger partial charge in [0.15, 0.2) is 5.82 Å². The van der Waals surface area contributed by atoms with Crippen LogP contribution in [0, 0.1) is 0 Å². The number of carbonyl (C=O) groups is 1. The van der Waals surface area contributed by atoms with Crippen molar-refractivity contribution in [2.45, 2.75) is 25.7 Å². The van der Waals surface area contributed by atoms with Crippen LogP contribution >= 0.6 is 34.9 Å². The molecule has 3 aromatic carbocycles. The van der Waals surface area contributed by atoms with Crippen molar-refractivity contribution < 1.29 is 13.6 Å². The van der Waals surface area contributed by atoms with Gasteiger partial charge in [-0.15, -0.1) is 0 Å². The number of aromatic nitrogens is 2. The average molecular weight is 576 g/mol. The van der Waals surface area contributed by atoms with Crippen molar-refractivity contribution >= 4 is 63.6 Å². The van der Waals surface area contributed by atoms with E-state index in [1.54, 1.807) is 18.2 Å². The second kappa shape index (κ2) is 11.7. The van der Waals surface area contributed by atoms with Crippen LogP contribution in [0.1, 0.15) is 41.0 Å². The molecular formula is C26H24Cl2N4O3S2. The highest BCUT2D eigenvalue weighted by molar-refractivity contribution is 7.81. The number of carbonyl (C=O) groups excluding carboxylic acids is 1. The summed E-state index contributed by atoms with van der Waals surface area (Å²) in [5.74, 6) is -0.232. The van der Waals surface area contributed by atoms with Crippen LogP contribution in [0.15, 0.2) is 72.8 Å². The van der Waals surface area contributed by atoms with E-state index in [1.165, 1.54) is 12.1 Å². The fraction of sp³-hybridized carbons (Fsp3) is 0.192. The molecule has 0 bridgehead atoms. The van der Waals surface area contributed by atoms with E-state index in [2.05, 4.69) is 14.1 Å². The van der Waals surface area contributed by atoms with Crippen LogP contribution in [0.25, 0.3) is 0 Å². The zero-order chi connectivity index (χ0) is 26.6. The van der Waals surface area contributed by atoms with Crippen molar-refractivity contribution in [2.24, 2.45) is 0 Å². The summed E-state index contributed by atoms with van der Waals surface area (Å²) < 4.78 is 32.6. The Morgan fingerprint density at radius 2 is 1.70 bits per heavy atom. The summed E-state index contributed by atoms with van der Waals surface area (Å²) in [5.41, 5.74) is 2.41. The molecule has 37 heavy (non-hydrogen) atoms. The van der Waals surface area contributed by atoms with Gasteiger partial charge in [0.05, 0.1) is 23.0 Å². The molecule has 1 heterocycles. The third-order valence-corrected chi connectivity index (χ3v) is 7.56. The number of anilines is 2. The lowest BCUT2D eigenvalue weighted by Crippen LogP contribution is -2.37. The van der Waals surface area contributed by atoms with E-state index in [4.69, 9.17) is 23.2 Å². The Kier molecular flexibility index (Phi) is 8.61. The number of nitrogens with one attached hydrogen (secondary N) is 1. The number of rotatable bonds is 9. The predicted molar refractivity (Wildman–Crippen MR) is 150 cm³/mol. The largest absolute Gasteiger partial charge is 0.351 e. The minimum Gasteiger partial charge on any atom is -0.351 e. The van der Waals surface area contributed by atoms with E-state index < -0.39 is 22.6 Å².